The summed E-state index contributed by atoms with van der Waals surface area (Å²) in [4.78, 5) is 15.4. The van der Waals surface area contributed by atoms with E-state index < -0.39 is 0 Å². The largest absolute Gasteiger partial charge is 0.397 e. The van der Waals surface area contributed by atoms with Crippen molar-refractivity contribution in [3.05, 3.63) is 34.7 Å². The number of aromatic nitrogens is 2. The summed E-state index contributed by atoms with van der Waals surface area (Å²) in [6.45, 7) is 0. The number of hydrogen-bond donors (Lipinski definition) is 1. The maximum Gasteiger partial charge on any atom is 0.252 e. The van der Waals surface area contributed by atoms with Crippen molar-refractivity contribution in [2.45, 2.75) is 0 Å². The van der Waals surface area contributed by atoms with Gasteiger partial charge in [-0.05, 0) is 12.1 Å². The number of hydrogen-bond acceptors (Lipinski definition) is 3. The standard InChI is InChI=1S/C9H9N3O/c1-12-7-3-2-4-11-9(7)6(10)5-8(12)13/h2-5H,10H2,1H3. The van der Waals surface area contributed by atoms with Crippen LogP contribution in [0.15, 0.2) is 29.2 Å². The third kappa shape index (κ3) is 1.07. The topological polar surface area (TPSA) is 60.9 Å². The van der Waals surface area contributed by atoms with Crippen molar-refractivity contribution in [2.75, 3.05) is 5.73 Å². The van der Waals surface area contributed by atoms with Crippen LogP contribution in [0.1, 0.15) is 0 Å². The molecule has 0 saturated heterocycles. The zero-order valence-electron chi connectivity index (χ0n) is 7.19. The first-order valence-corrected chi connectivity index (χ1v) is 3.90. The van der Waals surface area contributed by atoms with Gasteiger partial charge in [0.2, 0.25) is 0 Å². The molecule has 2 N–H and O–H groups in total. The second-order valence-electron chi connectivity index (χ2n) is 2.87. The van der Waals surface area contributed by atoms with Crippen molar-refractivity contribution >= 4 is 16.7 Å². The SMILES string of the molecule is Cn1c(=O)cc(N)c2ncccc21. The van der Waals surface area contributed by atoms with Crippen LogP contribution in [-0.2, 0) is 7.05 Å². The number of fused-ring (bicyclic) bond motifs is 1. The summed E-state index contributed by atoms with van der Waals surface area (Å²) in [7, 11) is 1.70. The molecular weight excluding hydrogens is 166 g/mol. The van der Waals surface area contributed by atoms with Gasteiger partial charge in [0.15, 0.2) is 0 Å². The number of anilines is 1. The summed E-state index contributed by atoms with van der Waals surface area (Å²) in [6.07, 6.45) is 1.66. The molecular formula is C9H9N3O. The number of nitrogens with two attached hydrogens (primary N) is 1. The Balaban J connectivity index is 3.06. The Bertz CT molecular complexity index is 516. The van der Waals surface area contributed by atoms with Crippen molar-refractivity contribution in [2.24, 2.45) is 7.05 Å². The fourth-order valence-corrected chi connectivity index (χ4v) is 1.31. The Labute approximate surface area is 74.6 Å². The molecule has 0 fully saturated rings. The number of pyridine rings is 2. The van der Waals surface area contributed by atoms with E-state index in [-0.39, 0.29) is 5.56 Å². The monoisotopic (exact) mass is 175 g/mol. The van der Waals surface area contributed by atoms with E-state index in [1.807, 2.05) is 6.07 Å². The fraction of sp³-hybridized carbons (Fsp3) is 0.111. The van der Waals surface area contributed by atoms with Crippen LogP contribution in [0, 0.1) is 0 Å². The van der Waals surface area contributed by atoms with E-state index in [0.29, 0.717) is 11.2 Å². The molecule has 13 heavy (non-hydrogen) atoms. The normalized spacial score (nSPS) is 10.5. The van der Waals surface area contributed by atoms with E-state index in [4.69, 9.17) is 5.73 Å². The lowest BCUT2D eigenvalue weighted by molar-refractivity contribution is 0.904. The Morgan fingerprint density at radius 3 is 3.08 bits per heavy atom. The summed E-state index contributed by atoms with van der Waals surface area (Å²) in [5, 5.41) is 0. The van der Waals surface area contributed by atoms with Gasteiger partial charge in [-0.15, -0.1) is 0 Å². The van der Waals surface area contributed by atoms with Crippen LogP contribution in [0.2, 0.25) is 0 Å². The van der Waals surface area contributed by atoms with E-state index in [1.54, 1.807) is 19.3 Å². The van der Waals surface area contributed by atoms with Gasteiger partial charge in [-0.1, -0.05) is 0 Å². The van der Waals surface area contributed by atoms with E-state index in [0.717, 1.165) is 5.52 Å². The van der Waals surface area contributed by atoms with Crippen LogP contribution in [0.4, 0.5) is 5.69 Å². The Hall–Kier alpha value is -1.84. The molecule has 0 bridgehead atoms. The third-order valence-electron chi connectivity index (χ3n) is 2.03. The average molecular weight is 175 g/mol. The molecule has 0 saturated carbocycles. The minimum absolute atomic E-state index is 0.113. The lowest BCUT2D eigenvalue weighted by Crippen LogP contribution is -2.17. The minimum Gasteiger partial charge on any atom is -0.397 e. The molecule has 0 amide bonds. The van der Waals surface area contributed by atoms with Gasteiger partial charge >= 0.3 is 0 Å². The first-order chi connectivity index (χ1) is 6.20. The van der Waals surface area contributed by atoms with Gasteiger partial charge < -0.3 is 10.3 Å². The lowest BCUT2D eigenvalue weighted by Gasteiger charge is -2.04. The number of nitrogen functional groups attached to an aromatic ring is 1. The van der Waals surface area contributed by atoms with Gasteiger partial charge in [0.25, 0.3) is 5.56 Å². The molecule has 0 aliphatic carbocycles. The third-order valence-corrected chi connectivity index (χ3v) is 2.03. The van der Waals surface area contributed by atoms with Gasteiger partial charge in [-0.2, -0.15) is 0 Å². The predicted octanol–water partition coefficient (Wildman–Crippen LogP) is 0.516. The molecule has 0 aliphatic heterocycles. The molecule has 2 rings (SSSR count). The molecule has 0 aromatic carbocycles. The molecule has 4 nitrogen and oxygen atoms in total. The smallest absolute Gasteiger partial charge is 0.252 e. The summed E-state index contributed by atoms with van der Waals surface area (Å²) < 4.78 is 1.53. The first kappa shape index (κ1) is 7.79. The Kier molecular flexibility index (Phi) is 1.55. The second-order valence-corrected chi connectivity index (χ2v) is 2.87. The quantitative estimate of drug-likeness (QED) is 0.634. The molecule has 0 aliphatic rings. The molecule has 2 heterocycles. The van der Waals surface area contributed by atoms with E-state index in [9.17, 15) is 4.79 Å². The summed E-state index contributed by atoms with van der Waals surface area (Å²) in [5.74, 6) is 0. The highest BCUT2D eigenvalue weighted by Crippen LogP contribution is 2.13. The van der Waals surface area contributed by atoms with Gasteiger partial charge in [0.1, 0.15) is 5.52 Å². The van der Waals surface area contributed by atoms with E-state index in [2.05, 4.69) is 4.98 Å². The first-order valence-electron chi connectivity index (χ1n) is 3.90. The number of rotatable bonds is 0. The molecule has 4 heteroatoms. The van der Waals surface area contributed by atoms with E-state index >= 15 is 0 Å². The molecule has 66 valence electrons. The maximum absolute atomic E-state index is 11.3. The molecule has 2 aromatic heterocycles. The van der Waals surface area contributed by atoms with Crippen LogP contribution in [0.5, 0.6) is 0 Å². The average Bonchev–Trinajstić information content (AvgIpc) is 2.15. The van der Waals surface area contributed by atoms with Gasteiger partial charge in [0.05, 0.1) is 11.2 Å². The van der Waals surface area contributed by atoms with E-state index in [1.165, 1.54) is 10.6 Å². The second kappa shape index (κ2) is 2.58. The highest BCUT2D eigenvalue weighted by atomic mass is 16.1. The maximum atomic E-state index is 11.3. The van der Waals surface area contributed by atoms with Crippen LogP contribution in [0.25, 0.3) is 11.0 Å². The lowest BCUT2D eigenvalue weighted by atomic mass is 10.3. The minimum atomic E-state index is -0.113. The van der Waals surface area contributed by atoms with Crippen molar-refractivity contribution in [3.8, 4) is 0 Å². The molecule has 0 radical (unpaired) electrons. The Morgan fingerprint density at radius 2 is 2.31 bits per heavy atom. The van der Waals surface area contributed by atoms with Crippen LogP contribution in [0.3, 0.4) is 0 Å². The Morgan fingerprint density at radius 1 is 1.54 bits per heavy atom. The van der Waals surface area contributed by atoms with Crippen LogP contribution >= 0.6 is 0 Å². The zero-order chi connectivity index (χ0) is 9.42. The summed E-state index contributed by atoms with van der Waals surface area (Å²) in [6, 6.07) is 4.98. The molecule has 0 spiro atoms. The summed E-state index contributed by atoms with van der Waals surface area (Å²) in [5.41, 5.74) is 7.39. The highest BCUT2D eigenvalue weighted by molar-refractivity contribution is 5.85. The number of nitrogens with zero attached hydrogens (tertiary/aromatic N) is 2. The molecule has 0 atom stereocenters. The van der Waals surface area contributed by atoms with Crippen LogP contribution in [-0.4, -0.2) is 9.55 Å². The van der Waals surface area contributed by atoms with Crippen molar-refractivity contribution in [3.63, 3.8) is 0 Å². The van der Waals surface area contributed by atoms with Crippen molar-refractivity contribution in [1.29, 1.82) is 0 Å². The van der Waals surface area contributed by atoms with Crippen molar-refractivity contribution < 1.29 is 0 Å². The zero-order valence-corrected chi connectivity index (χ0v) is 7.19. The number of aryl methyl sites for hydroxylation is 1. The predicted molar refractivity (Wildman–Crippen MR) is 51.4 cm³/mol. The molecule has 2 aromatic rings. The van der Waals surface area contributed by atoms with Gasteiger partial charge in [0, 0.05) is 19.3 Å². The van der Waals surface area contributed by atoms with Gasteiger partial charge in [-0.25, -0.2) is 0 Å². The highest BCUT2D eigenvalue weighted by Gasteiger charge is 2.02. The summed E-state index contributed by atoms with van der Waals surface area (Å²) >= 11 is 0. The van der Waals surface area contributed by atoms with Crippen molar-refractivity contribution in [1.82, 2.24) is 9.55 Å². The van der Waals surface area contributed by atoms with Crippen LogP contribution < -0.4 is 11.3 Å². The fourth-order valence-electron chi connectivity index (χ4n) is 1.31. The molecule has 0 unspecified atom stereocenters. The van der Waals surface area contributed by atoms with Gasteiger partial charge in [-0.3, -0.25) is 9.78 Å².